The number of ether oxygens (including phenoxy) is 1. The molecule has 2 heterocycles. The Morgan fingerprint density at radius 3 is 2.77 bits per heavy atom. The van der Waals surface area contributed by atoms with Gasteiger partial charge in [0.25, 0.3) is 5.91 Å². The lowest BCUT2D eigenvalue weighted by Gasteiger charge is -2.33. The van der Waals surface area contributed by atoms with E-state index in [1.807, 2.05) is 31.2 Å². The maximum absolute atomic E-state index is 12.8. The highest BCUT2D eigenvalue weighted by Crippen LogP contribution is 2.32. The first-order valence-corrected chi connectivity index (χ1v) is 8.25. The number of nitrogens with zero attached hydrogens (tertiary/aromatic N) is 2. The van der Waals surface area contributed by atoms with Crippen molar-refractivity contribution in [1.82, 2.24) is 9.80 Å². The minimum Gasteiger partial charge on any atom is -0.383 e. The normalized spacial score (nSPS) is 25.3. The van der Waals surface area contributed by atoms with Gasteiger partial charge in [0.2, 0.25) is 0 Å². The number of likely N-dealkylation sites (tertiary alicyclic amines) is 2. The monoisotopic (exact) mass is 302 g/mol. The molecule has 3 rings (SSSR count). The molecule has 0 unspecified atom stereocenters. The molecule has 1 aromatic carbocycles. The minimum atomic E-state index is 0.205. The lowest BCUT2D eigenvalue weighted by Crippen LogP contribution is -2.41. The Hall–Kier alpha value is -1.39. The summed E-state index contributed by atoms with van der Waals surface area (Å²) in [6, 6.07) is 7.91. The number of carbonyl (C=O) groups excluding carboxylic acids is 1. The number of aryl methyl sites for hydroxylation is 1. The Kier molecular flexibility index (Phi) is 4.79. The molecule has 4 heteroatoms. The molecule has 1 amide bonds. The smallest absolute Gasteiger partial charge is 0.254 e. The summed E-state index contributed by atoms with van der Waals surface area (Å²) in [6.45, 7) is 7.89. The first kappa shape index (κ1) is 15.5. The summed E-state index contributed by atoms with van der Waals surface area (Å²) < 4.78 is 5.18. The van der Waals surface area contributed by atoms with E-state index in [2.05, 4.69) is 9.80 Å². The number of carbonyl (C=O) groups is 1. The van der Waals surface area contributed by atoms with E-state index < -0.39 is 0 Å². The van der Waals surface area contributed by atoms with E-state index in [1.54, 1.807) is 7.11 Å². The van der Waals surface area contributed by atoms with Crippen molar-refractivity contribution in [2.24, 2.45) is 11.8 Å². The van der Waals surface area contributed by atoms with Gasteiger partial charge in [-0.3, -0.25) is 4.79 Å². The predicted octanol–water partition coefficient (Wildman–Crippen LogP) is 2.04. The second-order valence-corrected chi connectivity index (χ2v) is 6.63. The van der Waals surface area contributed by atoms with E-state index >= 15 is 0 Å². The third kappa shape index (κ3) is 3.18. The SMILES string of the molecule is COCCN1CC[C@H]2CN(C(=O)c3ccccc3C)C[C@H]2C1. The van der Waals surface area contributed by atoms with Crippen molar-refractivity contribution in [3.05, 3.63) is 35.4 Å². The summed E-state index contributed by atoms with van der Waals surface area (Å²) in [5.74, 6) is 1.50. The van der Waals surface area contributed by atoms with Crippen molar-refractivity contribution >= 4 is 5.91 Å². The number of benzene rings is 1. The standard InChI is InChI=1S/C18H26N2O2/c1-14-5-3-4-6-17(14)18(21)20-12-15-7-8-19(9-10-22-2)11-16(15)13-20/h3-6,15-16H,7-13H2,1-2H3/t15-,16+/m0/s1. The van der Waals surface area contributed by atoms with Crippen molar-refractivity contribution in [2.75, 3.05) is 46.4 Å². The highest BCUT2D eigenvalue weighted by atomic mass is 16.5. The molecule has 120 valence electrons. The molecule has 0 bridgehead atoms. The topological polar surface area (TPSA) is 32.8 Å². The summed E-state index contributed by atoms with van der Waals surface area (Å²) >= 11 is 0. The first-order valence-electron chi connectivity index (χ1n) is 8.25. The molecule has 2 saturated heterocycles. The van der Waals surface area contributed by atoms with E-state index in [9.17, 15) is 4.79 Å². The van der Waals surface area contributed by atoms with Crippen LogP contribution in [0, 0.1) is 18.8 Å². The highest BCUT2D eigenvalue weighted by Gasteiger charge is 2.38. The number of amides is 1. The highest BCUT2D eigenvalue weighted by molar-refractivity contribution is 5.95. The van der Waals surface area contributed by atoms with Crippen molar-refractivity contribution in [2.45, 2.75) is 13.3 Å². The van der Waals surface area contributed by atoms with Crippen LogP contribution >= 0.6 is 0 Å². The number of rotatable bonds is 4. The molecule has 0 N–H and O–H groups in total. The quantitative estimate of drug-likeness (QED) is 0.853. The van der Waals surface area contributed by atoms with Crippen LogP contribution in [0.5, 0.6) is 0 Å². The van der Waals surface area contributed by atoms with E-state index in [-0.39, 0.29) is 5.91 Å². The molecule has 22 heavy (non-hydrogen) atoms. The third-order valence-electron chi connectivity index (χ3n) is 5.16. The Bertz CT molecular complexity index is 532. The second kappa shape index (κ2) is 6.80. The van der Waals surface area contributed by atoms with Gasteiger partial charge in [0, 0.05) is 38.9 Å². The van der Waals surface area contributed by atoms with E-state index in [4.69, 9.17) is 4.74 Å². The molecule has 4 nitrogen and oxygen atoms in total. The maximum Gasteiger partial charge on any atom is 0.254 e. The van der Waals surface area contributed by atoms with Crippen LogP contribution in [0.15, 0.2) is 24.3 Å². The number of hydrogen-bond acceptors (Lipinski definition) is 3. The zero-order valence-corrected chi connectivity index (χ0v) is 13.6. The van der Waals surface area contributed by atoms with E-state index in [1.165, 1.54) is 6.42 Å². The second-order valence-electron chi connectivity index (χ2n) is 6.63. The third-order valence-corrected chi connectivity index (χ3v) is 5.16. The lowest BCUT2D eigenvalue weighted by molar-refractivity contribution is 0.0782. The Morgan fingerprint density at radius 2 is 2.00 bits per heavy atom. The fourth-order valence-corrected chi connectivity index (χ4v) is 3.82. The average Bonchev–Trinajstić information content (AvgIpc) is 2.96. The summed E-state index contributed by atoms with van der Waals surface area (Å²) in [6.07, 6.45) is 1.20. The fourth-order valence-electron chi connectivity index (χ4n) is 3.82. The zero-order valence-electron chi connectivity index (χ0n) is 13.6. The van der Waals surface area contributed by atoms with Crippen LogP contribution in [0.4, 0.5) is 0 Å². The summed E-state index contributed by atoms with van der Waals surface area (Å²) in [7, 11) is 1.75. The van der Waals surface area contributed by atoms with E-state index in [0.717, 1.165) is 50.5 Å². The number of hydrogen-bond donors (Lipinski definition) is 0. The van der Waals surface area contributed by atoms with Crippen LogP contribution < -0.4 is 0 Å². The van der Waals surface area contributed by atoms with Gasteiger partial charge in [-0.25, -0.2) is 0 Å². The molecule has 2 aliphatic rings. The van der Waals surface area contributed by atoms with Crippen LogP contribution in [-0.2, 0) is 4.74 Å². The number of methoxy groups -OCH3 is 1. The number of fused-ring (bicyclic) bond motifs is 1. The Morgan fingerprint density at radius 1 is 1.23 bits per heavy atom. The Labute approximate surface area is 133 Å². The van der Waals surface area contributed by atoms with Crippen LogP contribution in [-0.4, -0.2) is 62.1 Å². The van der Waals surface area contributed by atoms with Crippen molar-refractivity contribution in [3.63, 3.8) is 0 Å². The molecule has 1 aromatic rings. The van der Waals surface area contributed by atoms with Gasteiger partial charge in [-0.15, -0.1) is 0 Å². The molecule has 0 aliphatic carbocycles. The number of piperidine rings is 1. The molecule has 2 atom stereocenters. The largest absolute Gasteiger partial charge is 0.383 e. The van der Waals surface area contributed by atoms with Gasteiger partial charge in [-0.1, -0.05) is 18.2 Å². The van der Waals surface area contributed by atoms with Gasteiger partial charge >= 0.3 is 0 Å². The van der Waals surface area contributed by atoms with Crippen molar-refractivity contribution in [3.8, 4) is 0 Å². The summed E-state index contributed by atoms with van der Waals surface area (Å²) in [5, 5.41) is 0. The predicted molar refractivity (Wildman–Crippen MR) is 87.0 cm³/mol. The molecule has 0 radical (unpaired) electrons. The molecular weight excluding hydrogens is 276 g/mol. The van der Waals surface area contributed by atoms with Crippen LogP contribution in [0.25, 0.3) is 0 Å². The minimum absolute atomic E-state index is 0.205. The fraction of sp³-hybridized carbons (Fsp3) is 0.611. The van der Waals surface area contributed by atoms with Crippen LogP contribution in [0.2, 0.25) is 0 Å². The molecule has 2 fully saturated rings. The van der Waals surface area contributed by atoms with Gasteiger partial charge in [0.15, 0.2) is 0 Å². The van der Waals surface area contributed by atoms with Gasteiger partial charge < -0.3 is 14.5 Å². The molecule has 0 spiro atoms. The van der Waals surface area contributed by atoms with Gasteiger partial charge in [-0.2, -0.15) is 0 Å². The Balaban J connectivity index is 1.62. The van der Waals surface area contributed by atoms with Crippen LogP contribution in [0.1, 0.15) is 22.3 Å². The lowest BCUT2D eigenvalue weighted by atomic mass is 9.89. The molecule has 2 aliphatic heterocycles. The maximum atomic E-state index is 12.8. The van der Waals surface area contributed by atoms with Gasteiger partial charge in [0.05, 0.1) is 6.61 Å². The van der Waals surface area contributed by atoms with Crippen LogP contribution in [0.3, 0.4) is 0 Å². The van der Waals surface area contributed by atoms with Gasteiger partial charge in [0.1, 0.15) is 0 Å². The van der Waals surface area contributed by atoms with Gasteiger partial charge in [-0.05, 0) is 43.4 Å². The average molecular weight is 302 g/mol. The summed E-state index contributed by atoms with van der Waals surface area (Å²) in [4.78, 5) is 17.3. The first-order chi connectivity index (χ1) is 10.7. The molecule has 0 aromatic heterocycles. The zero-order chi connectivity index (χ0) is 15.5. The molecule has 0 saturated carbocycles. The summed E-state index contributed by atoms with van der Waals surface area (Å²) in [5.41, 5.74) is 1.93. The van der Waals surface area contributed by atoms with Crippen molar-refractivity contribution < 1.29 is 9.53 Å². The molecular formula is C18H26N2O2. The van der Waals surface area contributed by atoms with E-state index in [0.29, 0.717) is 11.8 Å². The van der Waals surface area contributed by atoms with Crippen molar-refractivity contribution in [1.29, 1.82) is 0 Å².